The summed E-state index contributed by atoms with van der Waals surface area (Å²) in [7, 11) is 0. The summed E-state index contributed by atoms with van der Waals surface area (Å²) >= 11 is 1.81. The van der Waals surface area contributed by atoms with Gasteiger partial charge >= 0.3 is 5.97 Å². The minimum Gasteiger partial charge on any atom is -0.461 e. The Hall–Kier alpha value is -1.80. The first kappa shape index (κ1) is 34.5. The third kappa shape index (κ3) is 7.37. The molecule has 4 aliphatic carbocycles. The zero-order valence-corrected chi connectivity index (χ0v) is 28.9. The second-order valence-electron chi connectivity index (χ2n) is 15.1. The number of esters is 1. The molecule has 1 aromatic rings. The van der Waals surface area contributed by atoms with Crippen LogP contribution in [0.1, 0.15) is 121 Å². The molecule has 0 spiro atoms. The summed E-state index contributed by atoms with van der Waals surface area (Å²) in [6.07, 6.45) is 19.2. The second-order valence-corrected chi connectivity index (χ2v) is 16.2. The standard InChI is InChI=1S/C38H57NO5S/c1-6-7-10-30-22-39-36(45-30)38(18-19-38)34(44-35(43)25(3)23-40)16-11-24(2)31-14-15-32-27(9-8-17-37(31,32)5)12-13-28-20-29(41)21-33(42)26(28)4/h12-13,22,24-25,29,31-34,40-42H,4,6-11,14-21,23H2,1-3,5H3/b27-12+,28-13-/t24-,25?,29-,31-,32+,33+,34-,37-/m1/s1. The maximum absolute atomic E-state index is 13.0. The number of aryl methyl sites for hydroxylation is 1. The van der Waals surface area contributed by atoms with Gasteiger partial charge in [0.2, 0.25) is 0 Å². The molecule has 4 fully saturated rings. The number of ether oxygens (including phenoxy) is 1. The molecule has 7 heteroatoms. The van der Waals surface area contributed by atoms with Crippen LogP contribution in [0, 0.1) is 29.1 Å². The molecule has 0 saturated heterocycles. The molecule has 45 heavy (non-hydrogen) atoms. The van der Waals surface area contributed by atoms with Crippen molar-refractivity contribution in [2.75, 3.05) is 6.61 Å². The Bertz CT molecular complexity index is 1260. The summed E-state index contributed by atoms with van der Waals surface area (Å²) in [6, 6.07) is 0. The van der Waals surface area contributed by atoms with Gasteiger partial charge in [-0.1, -0.05) is 51.5 Å². The number of aromatic nitrogens is 1. The molecule has 0 aliphatic heterocycles. The maximum Gasteiger partial charge on any atom is 0.311 e. The van der Waals surface area contributed by atoms with Gasteiger partial charge in [0.1, 0.15) is 11.1 Å². The summed E-state index contributed by atoms with van der Waals surface area (Å²) in [5.41, 5.74) is 3.30. The third-order valence-corrected chi connectivity index (χ3v) is 13.2. The SMILES string of the molecule is C=C1/C(=C\C=C2/CCC[C@]3(C)[C@@H]([C@H](C)CC[C@@H](OC(=O)C(C)CO)C4(c5ncc(CCCC)s5)CC4)CC[C@@H]23)C[C@@H](O)C[C@@H]1O. The minimum absolute atomic E-state index is 0.180. The third-order valence-electron chi connectivity index (χ3n) is 12.0. The van der Waals surface area contributed by atoms with E-state index in [2.05, 4.69) is 39.5 Å². The summed E-state index contributed by atoms with van der Waals surface area (Å²) in [6.45, 7) is 12.8. The average molecular weight is 640 g/mol. The predicted octanol–water partition coefficient (Wildman–Crippen LogP) is 7.61. The molecular weight excluding hydrogens is 582 g/mol. The first-order valence-corrected chi connectivity index (χ1v) is 18.6. The Balaban J connectivity index is 1.29. The van der Waals surface area contributed by atoms with Gasteiger partial charge in [-0.25, -0.2) is 4.98 Å². The fourth-order valence-corrected chi connectivity index (χ4v) is 10.1. The van der Waals surface area contributed by atoms with Crippen LogP contribution in [0.3, 0.4) is 0 Å². The number of unbranched alkanes of at least 4 members (excludes halogenated alkanes) is 1. The van der Waals surface area contributed by atoms with Gasteiger partial charge < -0.3 is 20.1 Å². The molecule has 0 aromatic carbocycles. The summed E-state index contributed by atoms with van der Waals surface area (Å²) < 4.78 is 6.26. The van der Waals surface area contributed by atoms with E-state index in [1.54, 1.807) is 18.3 Å². The lowest BCUT2D eigenvalue weighted by Gasteiger charge is -2.44. The number of rotatable bonds is 13. The summed E-state index contributed by atoms with van der Waals surface area (Å²) in [5.74, 6) is 0.841. The predicted molar refractivity (Wildman–Crippen MR) is 181 cm³/mol. The van der Waals surface area contributed by atoms with Crippen molar-refractivity contribution in [3.8, 4) is 0 Å². The van der Waals surface area contributed by atoms with E-state index in [-0.39, 0.29) is 29.5 Å². The maximum atomic E-state index is 13.0. The van der Waals surface area contributed by atoms with Gasteiger partial charge in [-0.2, -0.15) is 0 Å². The fraction of sp³-hybridized carbons (Fsp3) is 0.737. The van der Waals surface area contributed by atoms with Crippen LogP contribution in [0.4, 0.5) is 0 Å². The lowest BCUT2D eigenvalue weighted by atomic mass is 9.60. The number of carbonyl (C=O) groups is 1. The number of carbonyl (C=O) groups excluding carboxylic acids is 1. The highest BCUT2D eigenvalue weighted by Gasteiger charge is 2.56. The monoisotopic (exact) mass is 639 g/mol. The van der Waals surface area contributed by atoms with E-state index in [1.807, 2.05) is 6.20 Å². The molecule has 1 heterocycles. The van der Waals surface area contributed by atoms with Crippen LogP contribution in [-0.2, 0) is 21.4 Å². The van der Waals surface area contributed by atoms with Crippen LogP contribution in [-0.4, -0.2) is 51.2 Å². The first-order chi connectivity index (χ1) is 21.5. The van der Waals surface area contributed by atoms with Gasteiger partial charge in [0, 0.05) is 17.5 Å². The molecule has 0 bridgehead atoms. The largest absolute Gasteiger partial charge is 0.461 e. The Labute approximate surface area is 275 Å². The molecule has 250 valence electrons. The highest BCUT2D eigenvalue weighted by molar-refractivity contribution is 7.11. The van der Waals surface area contributed by atoms with Crippen LogP contribution in [0.25, 0.3) is 0 Å². The zero-order chi connectivity index (χ0) is 32.4. The normalized spacial score (nSPS) is 33.2. The van der Waals surface area contributed by atoms with E-state index in [9.17, 15) is 20.1 Å². The number of nitrogens with zero attached hydrogens (tertiary/aromatic N) is 1. The Kier molecular flexibility index (Phi) is 11.2. The first-order valence-electron chi connectivity index (χ1n) is 17.7. The van der Waals surface area contributed by atoms with E-state index in [0.29, 0.717) is 30.6 Å². The van der Waals surface area contributed by atoms with Crippen molar-refractivity contribution >= 4 is 17.3 Å². The van der Waals surface area contributed by atoms with Gasteiger partial charge in [-0.05, 0) is 118 Å². The topological polar surface area (TPSA) is 99.9 Å². The Morgan fingerprint density at radius 2 is 1.98 bits per heavy atom. The van der Waals surface area contributed by atoms with E-state index in [1.165, 1.54) is 36.1 Å². The van der Waals surface area contributed by atoms with Gasteiger partial charge in [0.15, 0.2) is 0 Å². The number of thiazole rings is 1. The van der Waals surface area contributed by atoms with Crippen molar-refractivity contribution in [3.63, 3.8) is 0 Å². The highest BCUT2D eigenvalue weighted by atomic mass is 32.1. The van der Waals surface area contributed by atoms with Crippen LogP contribution in [0.5, 0.6) is 0 Å². The number of allylic oxidation sites excluding steroid dienone is 3. The molecule has 4 saturated carbocycles. The van der Waals surface area contributed by atoms with Crippen molar-refractivity contribution in [1.82, 2.24) is 4.98 Å². The second kappa shape index (κ2) is 14.5. The van der Waals surface area contributed by atoms with Crippen molar-refractivity contribution in [2.24, 2.45) is 29.1 Å². The van der Waals surface area contributed by atoms with Crippen LogP contribution in [0.2, 0.25) is 0 Å². The molecule has 8 atom stereocenters. The molecule has 3 N–H and O–H groups in total. The molecule has 6 nitrogen and oxygen atoms in total. The molecule has 1 unspecified atom stereocenters. The van der Waals surface area contributed by atoms with Crippen molar-refractivity contribution in [3.05, 3.63) is 51.5 Å². The molecule has 5 rings (SSSR count). The summed E-state index contributed by atoms with van der Waals surface area (Å²) in [5, 5.41) is 31.3. The molecular formula is C38H57NO5S. The summed E-state index contributed by atoms with van der Waals surface area (Å²) in [4.78, 5) is 19.2. The highest BCUT2D eigenvalue weighted by Crippen LogP contribution is 2.60. The van der Waals surface area contributed by atoms with E-state index < -0.39 is 18.1 Å². The molecule has 4 aliphatic rings. The van der Waals surface area contributed by atoms with Gasteiger partial charge in [-0.3, -0.25) is 4.79 Å². The quantitative estimate of drug-likeness (QED) is 0.192. The lowest BCUT2D eigenvalue weighted by molar-refractivity contribution is -0.157. The minimum atomic E-state index is -0.657. The number of hydrogen-bond acceptors (Lipinski definition) is 7. The zero-order valence-electron chi connectivity index (χ0n) is 28.1. The smallest absolute Gasteiger partial charge is 0.311 e. The Morgan fingerprint density at radius 3 is 2.69 bits per heavy atom. The van der Waals surface area contributed by atoms with Crippen LogP contribution < -0.4 is 0 Å². The number of aliphatic hydroxyl groups is 3. The molecule has 1 aromatic heterocycles. The van der Waals surface area contributed by atoms with Gasteiger partial charge in [-0.15, -0.1) is 11.3 Å². The van der Waals surface area contributed by atoms with Crippen molar-refractivity contribution in [1.29, 1.82) is 0 Å². The van der Waals surface area contributed by atoms with Crippen molar-refractivity contribution in [2.45, 2.75) is 141 Å². The van der Waals surface area contributed by atoms with E-state index in [4.69, 9.17) is 9.72 Å². The van der Waals surface area contributed by atoms with E-state index >= 15 is 0 Å². The van der Waals surface area contributed by atoms with Gasteiger partial charge in [0.05, 0.1) is 30.1 Å². The fourth-order valence-electron chi connectivity index (χ4n) is 8.89. The lowest BCUT2D eigenvalue weighted by Crippen LogP contribution is -2.37. The van der Waals surface area contributed by atoms with Gasteiger partial charge in [0.25, 0.3) is 0 Å². The molecule has 0 amide bonds. The van der Waals surface area contributed by atoms with Crippen LogP contribution >= 0.6 is 11.3 Å². The number of aliphatic hydroxyl groups excluding tert-OH is 3. The Morgan fingerprint density at radius 1 is 1.20 bits per heavy atom. The van der Waals surface area contributed by atoms with Crippen molar-refractivity contribution < 1.29 is 24.9 Å². The number of fused-ring (bicyclic) bond motifs is 1. The van der Waals surface area contributed by atoms with E-state index in [0.717, 1.165) is 67.5 Å². The van der Waals surface area contributed by atoms with Crippen LogP contribution in [0.15, 0.2) is 41.6 Å². The number of hydrogen-bond donors (Lipinski definition) is 3. The molecule has 0 radical (unpaired) electrons. The average Bonchev–Trinajstić information content (AvgIpc) is 3.53.